The van der Waals surface area contributed by atoms with E-state index in [1.165, 1.54) is 12.8 Å². The predicted molar refractivity (Wildman–Crippen MR) is 82.7 cm³/mol. The molecule has 0 aromatic carbocycles. The first kappa shape index (κ1) is 13.5. The minimum atomic E-state index is -0.125. The zero-order valence-electron chi connectivity index (χ0n) is 12.4. The van der Waals surface area contributed by atoms with Gasteiger partial charge >= 0.3 is 0 Å². The molecule has 3 atom stereocenters. The van der Waals surface area contributed by atoms with E-state index in [9.17, 15) is 0 Å². The first-order chi connectivity index (χ1) is 10.1. The number of alkyl halides is 1. The fraction of sp³-hybridized carbons (Fsp3) is 0.625. The highest BCUT2D eigenvalue weighted by molar-refractivity contribution is 6.20. The molecule has 3 unspecified atom stereocenters. The zero-order chi connectivity index (χ0) is 14.6. The number of rotatable bonds is 3. The third kappa shape index (κ3) is 2.25. The summed E-state index contributed by atoms with van der Waals surface area (Å²) in [6, 6.07) is 4.37. The van der Waals surface area contributed by atoms with E-state index in [0.717, 1.165) is 35.7 Å². The SMILES string of the molecule is Cc1ccc2nc(C(C)Cl)n(C3CCOC3C3CC3)c2n1. The van der Waals surface area contributed by atoms with Crippen molar-refractivity contribution >= 4 is 22.8 Å². The van der Waals surface area contributed by atoms with Gasteiger partial charge in [-0.3, -0.25) is 0 Å². The lowest BCUT2D eigenvalue weighted by molar-refractivity contribution is 0.0752. The fourth-order valence-electron chi connectivity index (χ4n) is 3.44. The van der Waals surface area contributed by atoms with Gasteiger partial charge < -0.3 is 9.30 Å². The number of hydrogen-bond donors (Lipinski definition) is 0. The number of aromatic nitrogens is 3. The Morgan fingerprint density at radius 1 is 1.29 bits per heavy atom. The Balaban J connectivity index is 1.88. The third-order valence-electron chi connectivity index (χ3n) is 4.58. The zero-order valence-corrected chi connectivity index (χ0v) is 13.2. The van der Waals surface area contributed by atoms with Gasteiger partial charge in [-0.05, 0) is 51.2 Å². The first-order valence-electron chi connectivity index (χ1n) is 7.76. The quantitative estimate of drug-likeness (QED) is 0.810. The molecule has 5 heteroatoms. The Hall–Kier alpha value is -1.13. The average molecular weight is 306 g/mol. The topological polar surface area (TPSA) is 39.9 Å². The van der Waals surface area contributed by atoms with E-state index in [1.807, 2.05) is 26.0 Å². The van der Waals surface area contributed by atoms with Crippen LogP contribution < -0.4 is 0 Å². The van der Waals surface area contributed by atoms with E-state index in [0.29, 0.717) is 18.1 Å². The summed E-state index contributed by atoms with van der Waals surface area (Å²) in [6.45, 7) is 4.82. The van der Waals surface area contributed by atoms with Crippen molar-refractivity contribution in [3.63, 3.8) is 0 Å². The van der Waals surface area contributed by atoms with Crippen molar-refractivity contribution in [1.29, 1.82) is 0 Å². The molecule has 0 spiro atoms. The van der Waals surface area contributed by atoms with Gasteiger partial charge in [0.05, 0.1) is 17.5 Å². The standard InChI is InChI=1S/C16H20ClN3O/c1-9-3-6-12-16(18-9)20(15(19-12)10(2)17)13-7-8-21-14(13)11-4-5-11/h3,6,10-11,13-14H,4-5,7-8H2,1-2H3. The van der Waals surface area contributed by atoms with Gasteiger partial charge in [-0.2, -0.15) is 0 Å². The van der Waals surface area contributed by atoms with Crippen molar-refractivity contribution in [3.05, 3.63) is 23.7 Å². The monoisotopic (exact) mass is 305 g/mol. The molecule has 4 nitrogen and oxygen atoms in total. The number of nitrogens with zero attached hydrogens (tertiary/aromatic N) is 3. The molecule has 2 fully saturated rings. The van der Waals surface area contributed by atoms with Crippen molar-refractivity contribution in [2.75, 3.05) is 6.61 Å². The molecule has 3 heterocycles. The maximum Gasteiger partial charge on any atom is 0.160 e. The van der Waals surface area contributed by atoms with Crippen LogP contribution in [0.5, 0.6) is 0 Å². The molecule has 4 rings (SSSR count). The Bertz CT molecular complexity index is 677. The second-order valence-electron chi connectivity index (χ2n) is 6.28. The van der Waals surface area contributed by atoms with Gasteiger partial charge in [0.1, 0.15) is 11.3 Å². The number of aryl methyl sites for hydroxylation is 1. The molecule has 2 aromatic heterocycles. The highest BCUT2D eigenvalue weighted by atomic mass is 35.5. The van der Waals surface area contributed by atoms with Crippen LogP contribution in [0, 0.1) is 12.8 Å². The molecular weight excluding hydrogens is 286 g/mol. The maximum absolute atomic E-state index is 6.39. The molecule has 0 bridgehead atoms. The van der Waals surface area contributed by atoms with Crippen molar-refractivity contribution in [1.82, 2.24) is 14.5 Å². The lowest BCUT2D eigenvalue weighted by Gasteiger charge is -2.22. The summed E-state index contributed by atoms with van der Waals surface area (Å²) in [6.07, 6.45) is 3.90. The molecule has 0 amide bonds. The molecule has 21 heavy (non-hydrogen) atoms. The Morgan fingerprint density at radius 3 is 2.81 bits per heavy atom. The van der Waals surface area contributed by atoms with Gasteiger partial charge in [0, 0.05) is 12.3 Å². The van der Waals surface area contributed by atoms with Crippen LogP contribution in [0.2, 0.25) is 0 Å². The normalized spacial score (nSPS) is 27.4. The summed E-state index contributed by atoms with van der Waals surface area (Å²) in [5.41, 5.74) is 2.91. The van der Waals surface area contributed by atoms with E-state index in [4.69, 9.17) is 26.3 Å². The van der Waals surface area contributed by atoms with Gasteiger partial charge in [0.25, 0.3) is 0 Å². The molecule has 0 radical (unpaired) electrons. The minimum absolute atomic E-state index is 0.125. The minimum Gasteiger partial charge on any atom is -0.376 e. The van der Waals surface area contributed by atoms with Gasteiger partial charge in [-0.15, -0.1) is 11.6 Å². The van der Waals surface area contributed by atoms with Gasteiger partial charge in [0.15, 0.2) is 5.65 Å². The largest absolute Gasteiger partial charge is 0.376 e. The maximum atomic E-state index is 6.39. The molecule has 1 saturated heterocycles. The van der Waals surface area contributed by atoms with Crippen LogP contribution in [-0.2, 0) is 4.74 Å². The second kappa shape index (κ2) is 4.96. The second-order valence-corrected chi connectivity index (χ2v) is 6.93. The molecule has 1 saturated carbocycles. The van der Waals surface area contributed by atoms with E-state index < -0.39 is 0 Å². The molecule has 2 aromatic rings. The summed E-state index contributed by atoms with van der Waals surface area (Å²) in [7, 11) is 0. The van der Waals surface area contributed by atoms with E-state index in [1.54, 1.807) is 0 Å². The molecule has 1 aliphatic carbocycles. The van der Waals surface area contributed by atoms with Crippen LogP contribution >= 0.6 is 11.6 Å². The summed E-state index contributed by atoms with van der Waals surface area (Å²) >= 11 is 6.39. The molecule has 1 aliphatic heterocycles. The number of imidazole rings is 1. The van der Waals surface area contributed by atoms with Crippen LogP contribution in [0.4, 0.5) is 0 Å². The average Bonchev–Trinajstić information content (AvgIpc) is 3.06. The van der Waals surface area contributed by atoms with E-state index in [-0.39, 0.29) is 5.38 Å². The van der Waals surface area contributed by atoms with Gasteiger partial charge in [0.2, 0.25) is 0 Å². The molecule has 2 aliphatic rings. The van der Waals surface area contributed by atoms with Crippen molar-refractivity contribution < 1.29 is 4.74 Å². The highest BCUT2D eigenvalue weighted by Crippen LogP contribution is 2.45. The summed E-state index contributed by atoms with van der Waals surface area (Å²) < 4.78 is 8.27. The summed E-state index contributed by atoms with van der Waals surface area (Å²) in [4.78, 5) is 9.45. The number of fused-ring (bicyclic) bond motifs is 1. The first-order valence-corrected chi connectivity index (χ1v) is 8.20. The predicted octanol–water partition coefficient (Wildman–Crippen LogP) is 3.78. The van der Waals surface area contributed by atoms with E-state index >= 15 is 0 Å². The van der Waals surface area contributed by atoms with Crippen LogP contribution in [-0.4, -0.2) is 27.2 Å². The Kier molecular flexibility index (Phi) is 3.19. The summed E-state index contributed by atoms with van der Waals surface area (Å²) in [5.74, 6) is 1.63. The number of halogens is 1. The number of ether oxygens (including phenoxy) is 1. The fourth-order valence-corrected chi connectivity index (χ4v) is 3.60. The Labute approximate surface area is 129 Å². The van der Waals surface area contributed by atoms with E-state index in [2.05, 4.69) is 4.57 Å². The lowest BCUT2D eigenvalue weighted by Crippen LogP contribution is -2.24. The van der Waals surface area contributed by atoms with Gasteiger partial charge in [-0.25, -0.2) is 9.97 Å². The van der Waals surface area contributed by atoms with Crippen LogP contribution in [0.25, 0.3) is 11.2 Å². The van der Waals surface area contributed by atoms with Crippen LogP contribution in [0.1, 0.15) is 49.1 Å². The number of pyridine rings is 1. The molecule has 112 valence electrons. The lowest BCUT2D eigenvalue weighted by atomic mass is 10.1. The highest BCUT2D eigenvalue weighted by Gasteiger charge is 2.43. The van der Waals surface area contributed by atoms with Gasteiger partial charge in [-0.1, -0.05) is 0 Å². The number of hydrogen-bond acceptors (Lipinski definition) is 3. The molecular formula is C16H20ClN3O. The van der Waals surface area contributed by atoms with Crippen LogP contribution in [0.15, 0.2) is 12.1 Å². The Morgan fingerprint density at radius 2 is 2.10 bits per heavy atom. The molecule has 0 N–H and O–H groups in total. The third-order valence-corrected chi connectivity index (χ3v) is 4.78. The van der Waals surface area contributed by atoms with Crippen molar-refractivity contribution in [2.24, 2.45) is 5.92 Å². The van der Waals surface area contributed by atoms with Crippen molar-refractivity contribution in [3.8, 4) is 0 Å². The summed E-state index contributed by atoms with van der Waals surface area (Å²) in [5, 5.41) is -0.125. The van der Waals surface area contributed by atoms with Crippen LogP contribution in [0.3, 0.4) is 0 Å². The van der Waals surface area contributed by atoms with Crippen molar-refractivity contribution in [2.45, 2.75) is 50.6 Å². The smallest absolute Gasteiger partial charge is 0.160 e.